The molecule has 0 heterocycles. The summed E-state index contributed by atoms with van der Waals surface area (Å²) in [5.74, 6) is -0.615. The Morgan fingerprint density at radius 2 is 2.21 bits per heavy atom. The molecule has 1 aliphatic carbocycles. The van der Waals surface area contributed by atoms with Gasteiger partial charge in [-0.2, -0.15) is 0 Å². The van der Waals surface area contributed by atoms with E-state index in [1.54, 1.807) is 25.0 Å². The summed E-state index contributed by atoms with van der Waals surface area (Å²) in [5, 5.41) is 0. The topological polar surface area (TPSA) is 55.6 Å². The first-order valence-corrected chi connectivity index (χ1v) is 6.40. The highest BCUT2D eigenvalue weighted by molar-refractivity contribution is 5.95. The van der Waals surface area contributed by atoms with Crippen LogP contribution in [0.1, 0.15) is 28.8 Å². The maximum Gasteiger partial charge on any atom is 0.254 e. The minimum atomic E-state index is -0.439. The van der Waals surface area contributed by atoms with Crippen LogP contribution in [0, 0.1) is 12.7 Å². The molecule has 1 aromatic rings. The van der Waals surface area contributed by atoms with Gasteiger partial charge >= 0.3 is 0 Å². The van der Waals surface area contributed by atoms with Crippen molar-refractivity contribution in [3.8, 4) is 0 Å². The molecule has 0 aliphatic heterocycles. The first kappa shape index (κ1) is 13.8. The molecular formula is C14H19FN2O2. The predicted molar refractivity (Wildman–Crippen MR) is 71.5 cm³/mol. The van der Waals surface area contributed by atoms with E-state index in [9.17, 15) is 9.18 Å². The lowest BCUT2D eigenvalue weighted by atomic mass is 10.1. The Morgan fingerprint density at radius 1 is 1.53 bits per heavy atom. The lowest BCUT2D eigenvalue weighted by Gasteiger charge is -2.22. The van der Waals surface area contributed by atoms with Gasteiger partial charge in [0.25, 0.3) is 5.91 Å². The Hall–Kier alpha value is -1.62. The smallest absolute Gasteiger partial charge is 0.254 e. The van der Waals surface area contributed by atoms with Crippen LogP contribution in [-0.2, 0) is 4.74 Å². The monoisotopic (exact) mass is 266 g/mol. The average molecular weight is 266 g/mol. The van der Waals surface area contributed by atoms with Crippen LogP contribution in [0.4, 0.5) is 10.1 Å². The normalized spacial score (nSPS) is 14.5. The zero-order valence-corrected chi connectivity index (χ0v) is 11.3. The molecule has 1 saturated carbocycles. The van der Waals surface area contributed by atoms with Crippen molar-refractivity contribution in [1.82, 2.24) is 4.90 Å². The third-order valence-corrected chi connectivity index (χ3v) is 3.42. The van der Waals surface area contributed by atoms with Gasteiger partial charge in [0.05, 0.1) is 6.61 Å². The van der Waals surface area contributed by atoms with Crippen LogP contribution in [0.15, 0.2) is 12.1 Å². The van der Waals surface area contributed by atoms with E-state index in [4.69, 9.17) is 10.5 Å². The summed E-state index contributed by atoms with van der Waals surface area (Å²) < 4.78 is 18.7. The molecule has 1 fully saturated rings. The Bertz CT molecular complexity index is 463. The van der Waals surface area contributed by atoms with Gasteiger partial charge in [-0.05, 0) is 31.9 Å². The highest BCUT2D eigenvalue weighted by Gasteiger charge is 2.33. The molecule has 19 heavy (non-hydrogen) atoms. The number of carbonyl (C=O) groups excluding carboxylic acids is 1. The lowest BCUT2D eigenvalue weighted by molar-refractivity contribution is 0.0680. The van der Waals surface area contributed by atoms with Crippen LogP contribution >= 0.6 is 0 Å². The van der Waals surface area contributed by atoms with Crippen LogP contribution < -0.4 is 5.73 Å². The van der Waals surface area contributed by atoms with E-state index in [-0.39, 0.29) is 11.9 Å². The minimum absolute atomic E-state index is 0.176. The number of methoxy groups -OCH3 is 1. The fourth-order valence-corrected chi connectivity index (χ4v) is 2.02. The van der Waals surface area contributed by atoms with E-state index in [0.29, 0.717) is 30.0 Å². The standard InChI is InChI=1S/C14H19FN2O2/c1-9-12(15)7-10(8-13(9)16)14(18)17(5-6-19-2)11-3-4-11/h7-8,11H,3-6,16H2,1-2H3. The van der Waals surface area contributed by atoms with Gasteiger partial charge in [0.2, 0.25) is 0 Å². The zero-order valence-electron chi connectivity index (χ0n) is 11.3. The average Bonchev–Trinajstić information content (AvgIpc) is 3.20. The Balaban J connectivity index is 2.21. The number of hydrogen-bond donors (Lipinski definition) is 1. The number of carbonyl (C=O) groups is 1. The number of ether oxygens (including phenoxy) is 1. The van der Waals surface area contributed by atoms with E-state index in [1.165, 1.54) is 6.07 Å². The van der Waals surface area contributed by atoms with Gasteiger partial charge in [0.15, 0.2) is 0 Å². The van der Waals surface area contributed by atoms with E-state index < -0.39 is 5.82 Å². The molecule has 0 bridgehead atoms. The molecule has 4 nitrogen and oxygen atoms in total. The van der Waals surface area contributed by atoms with E-state index in [1.807, 2.05) is 0 Å². The number of amides is 1. The number of nitrogen functional groups attached to an aromatic ring is 1. The summed E-state index contributed by atoms with van der Waals surface area (Å²) in [7, 11) is 1.60. The first-order chi connectivity index (χ1) is 9.04. The van der Waals surface area contributed by atoms with Crippen molar-refractivity contribution in [3.63, 3.8) is 0 Å². The van der Waals surface area contributed by atoms with Gasteiger partial charge in [0.1, 0.15) is 5.82 Å². The summed E-state index contributed by atoms with van der Waals surface area (Å²) in [6.07, 6.45) is 2.00. The lowest BCUT2D eigenvalue weighted by Crippen LogP contribution is -2.36. The van der Waals surface area contributed by atoms with Gasteiger partial charge < -0.3 is 15.4 Å². The number of benzene rings is 1. The number of rotatable bonds is 5. The van der Waals surface area contributed by atoms with Crippen LogP contribution in [0.25, 0.3) is 0 Å². The van der Waals surface area contributed by atoms with Crippen LogP contribution in [-0.4, -0.2) is 37.1 Å². The SMILES string of the molecule is COCCN(C(=O)c1cc(N)c(C)c(F)c1)C1CC1. The largest absolute Gasteiger partial charge is 0.398 e. The first-order valence-electron chi connectivity index (χ1n) is 6.40. The molecule has 1 aliphatic rings. The fourth-order valence-electron chi connectivity index (χ4n) is 2.02. The van der Waals surface area contributed by atoms with E-state index in [0.717, 1.165) is 12.8 Å². The van der Waals surface area contributed by atoms with Crippen molar-refractivity contribution in [3.05, 3.63) is 29.1 Å². The molecule has 1 aromatic carbocycles. The molecule has 104 valence electrons. The highest BCUT2D eigenvalue weighted by Crippen LogP contribution is 2.29. The van der Waals surface area contributed by atoms with Gasteiger partial charge in [0, 0.05) is 36.5 Å². The second-order valence-corrected chi connectivity index (χ2v) is 4.89. The van der Waals surface area contributed by atoms with Gasteiger partial charge in [-0.3, -0.25) is 4.79 Å². The van der Waals surface area contributed by atoms with Crippen molar-refractivity contribution in [2.75, 3.05) is 26.0 Å². The summed E-state index contributed by atoms with van der Waals surface area (Å²) in [4.78, 5) is 14.1. The molecule has 0 spiro atoms. The highest BCUT2D eigenvalue weighted by atomic mass is 19.1. The molecule has 0 saturated heterocycles. The molecular weight excluding hydrogens is 247 g/mol. The van der Waals surface area contributed by atoms with Crippen molar-refractivity contribution in [2.24, 2.45) is 0 Å². The van der Waals surface area contributed by atoms with E-state index in [2.05, 4.69) is 0 Å². The second kappa shape index (κ2) is 5.57. The Morgan fingerprint density at radius 3 is 2.74 bits per heavy atom. The molecule has 5 heteroatoms. The van der Waals surface area contributed by atoms with Gasteiger partial charge in [-0.15, -0.1) is 0 Å². The van der Waals surface area contributed by atoms with Gasteiger partial charge in [-0.25, -0.2) is 4.39 Å². The number of halogens is 1. The quantitative estimate of drug-likeness (QED) is 0.829. The Labute approximate surface area is 112 Å². The minimum Gasteiger partial charge on any atom is -0.398 e. The summed E-state index contributed by atoms with van der Waals surface area (Å²) in [5.41, 5.74) is 6.72. The van der Waals surface area contributed by atoms with Gasteiger partial charge in [-0.1, -0.05) is 0 Å². The van der Waals surface area contributed by atoms with Crippen LogP contribution in [0.3, 0.4) is 0 Å². The number of nitrogens with zero attached hydrogens (tertiary/aromatic N) is 1. The summed E-state index contributed by atoms with van der Waals surface area (Å²) in [6, 6.07) is 3.06. The number of nitrogens with two attached hydrogens (primary N) is 1. The third-order valence-electron chi connectivity index (χ3n) is 3.42. The molecule has 1 amide bonds. The van der Waals surface area contributed by atoms with Crippen molar-refractivity contribution in [1.29, 1.82) is 0 Å². The molecule has 2 N–H and O–H groups in total. The molecule has 0 aromatic heterocycles. The molecule has 0 atom stereocenters. The maximum absolute atomic E-state index is 13.7. The Kier molecular flexibility index (Phi) is 4.04. The third kappa shape index (κ3) is 3.04. The second-order valence-electron chi connectivity index (χ2n) is 4.89. The molecule has 2 rings (SSSR count). The summed E-state index contributed by atoms with van der Waals surface area (Å²) in [6.45, 7) is 2.60. The number of hydrogen-bond acceptors (Lipinski definition) is 3. The van der Waals surface area contributed by atoms with Crippen LogP contribution in [0.5, 0.6) is 0 Å². The maximum atomic E-state index is 13.7. The van der Waals surface area contributed by atoms with Crippen molar-refractivity contribution in [2.45, 2.75) is 25.8 Å². The van der Waals surface area contributed by atoms with Crippen LogP contribution in [0.2, 0.25) is 0 Å². The van der Waals surface area contributed by atoms with Crippen molar-refractivity contribution < 1.29 is 13.9 Å². The van der Waals surface area contributed by atoms with Crippen molar-refractivity contribution >= 4 is 11.6 Å². The van der Waals surface area contributed by atoms with E-state index >= 15 is 0 Å². The zero-order chi connectivity index (χ0) is 14.0. The molecule has 0 unspecified atom stereocenters. The number of anilines is 1. The summed E-state index contributed by atoms with van der Waals surface area (Å²) >= 11 is 0. The fraction of sp³-hybridized carbons (Fsp3) is 0.500. The molecule has 0 radical (unpaired) electrons. The predicted octanol–water partition coefficient (Wildman–Crippen LogP) is 1.97.